The summed E-state index contributed by atoms with van der Waals surface area (Å²) in [6, 6.07) is 4.02. The van der Waals surface area contributed by atoms with Crippen LogP contribution in [0.2, 0.25) is 0 Å². The first-order valence-corrected chi connectivity index (χ1v) is 8.87. The Morgan fingerprint density at radius 1 is 1.35 bits per heavy atom. The number of sulfonamides is 1. The first-order valence-electron chi connectivity index (χ1n) is 7.38. The van der Waals surface area contributed by atoms with Gasteiger partial charge in [0.25, 0.3) is 0 Å². The molecule has 0 saturated carbocycles. The van der Waals surface area contributed by atoms with E-state index >= 15 is 0 Å². The highest BCUT2D eigenvalue weighted by atomic mass is 32.2. The Morgan fingerprint density at radius 3 is 2.61 bits per heavy atom. The third-order valence-electron chi connectivity index (χ3n) is 3.63. The van der Waals surface area contributed by atoms with Crippen LogP contribution < -0.4 is 9.46 Å². The summed E-state index contributed by atoms with van der Waals surface area (Å²) in [6.07, 6.45) is 0. The van der Waals surface area contributed by atoms with Gasteiger partial charge in [-0.1, -0.05) is 6.07 Å². The zero-order chi connectivity index (χ0) is 17.0. The minimum Gasteiger partial charge on any atom is -0.495 e. The van der Waals surface area contributed by atoms with Crippen LogP contribution in [0.1, 0.15) is 12.5 Å². The number of carbonyl (C=O) groups excluding carboxylic acids is 1. The fourth-order valence-electron chi connectivity index (χ4n) is 2.40. The van der Waals surface area contributed by atoms with Crippen LogP contribution in [0, 0.1) is 6.92 Å². The molecule has 1 aliphatic heterocycles. The van der Waals surface area contributed by atoms with Crippen molar-refractivity contribution in [3.8, 4) is 5.75 Å². The Labute approximate surface area is 136 Å². The average Bonchev–Trinajstić information content (AvgIpc) is 2.54. The summed E-state index contributed by atoms with van der Waals surface area (Å²) >= 11 is 0. The number of benzene rings is 1. The summed E-state index contributed by atoms with van der Waals surface area (Å²) < 4.78 is 37.9. The molecule has 1 atom stereocenters. The van der Waals surface area contributed by atoms with Gasteiger partial charge in [-0.3, -0.25) is 4.79 Å². The summed E-state index contributed by atoms with van der Waals surface area (Å²) in [5.41, 5.74) is 0.790. The fourth-order valence-corrected chi connectivity index (χ4v) is 3.85. The normalized spacial score (nSPS) is 16.9. The van der Waals surface area contributed by atoms with Crippen LogP contribution in [0.3, 0.4) is 0 Å². The molecule has 1 aromatic rings. The molecule has 1 aromatic carbocycles. The van der Waals surface area contributed by atoms with Crippen molar-refractivity contribution in [3.05, 3.63) is 23.8 Å². The number of amides is 1. The van der Waals surface area contributed by atoms with Gasteiger partial charge in [0.05, 0.1) is 26.4 Å². The molecule has 0 aromatic heterocycles. The first kappa shape index (κ1) is 17.7. The lowest BCUT2D eigenvalue weighted by Gasteiger charge is -2.29. The molecule has 0 spiro atoms. The van der Waals surface area contributed by atoms with Gasteiger partial charge in [0.15, 0.2) is 0 Å². The summed E-state index contributed by atoms with van der Waals surface area (Å²) in [4.78, 5) is 14.0. The molecular formula is C15H22N2O5S. The van der Waals surface area contributed by atoms with Gasteiger partial charge in [0.2, 0.25) is 15.9 Å². The van der Waals surface area contributed by atoms with E-state index in [2.05, 4.69) is 4.72 Å². The van der Waals surface area contributed by atoms with Gasteiger partial charge < -0.3 is 14.4 Å². The molecular weight excluding hydrogens is 320 g/mol. The highest BCUT2D eigenvalue weighted by molar-refractivity contribution is 7.89. The molecule has 0 radical (unpaired) electrons. The molecule has 8 heteroatoms. The Kier molecular flexibility index (Phi) is 5.61. The van der Waals surface area contributed by atoms with Gasteiger partial charge in [-0.25, -0.2) is 8.42 Å². The van der Waals surface area contributed by atoms with Gasteiger partial charge in [-0.2, -0.15) is 4.72 Å². The van der Waals surface area contributed by atoms with E-state index < -0.39 is 16.1 Å². The molecule has 1 aliphatic rings. The number of carbonyl (C=O) groups is 1. The summed E-state index contributed by atoms with van der Waals surface area (Å²) in [7, 11) is -2.45. The SMILES string of the molecule is COc1ccc(C)cc1S(=O)(=O)N[C@@H](C)C(=O)N1CCOCC1. The number of morpholine rings is 1. The van der Waals surface area contributed by atoms with Crippen molar-refractivity contribution < 1.29 is 22.7 Å². The lowest BCUT2D eigenvalue weighted by Crippen LogP contribution is -2.50. The predicted molar refractivity (Wildman–Crippen MR) is 84.9 cm³/mol. The highest BCUT2D eigenvalue weighted by Crippen LogP contribution is 2.24. The van der Waals surface area contributed by atoms with Crippen molar-refractivity contribution in [3.63, 3.8) is 0 Å². The maximum absolute atomic E-state index is 12.6. The van der Waals surface area contributed by atoms with E-state index in [1.54, 1.807) is 24.0 Å². The van der Waals surface area contributed by atoms with E-state index in [0.29, 0.717) is 26.3 Å². The molecule has 1 N–H and O–H groups in total. The number of ether oxygens (including phenoxy) is 2. The quantitative estimate of drug-likeness (QED) is 0.844. The molecule has 1 heterocycles. The van der Waals surface area contributed by atoms with E-state index in [4.69, 9.17) is 9.47 Å². The summed E-state index contributed by atoms with van der Waals surface area (Å²) in [5.74, 6) is -0.0161. The predicted octanol–water partition coefficient (Wildman–Crippen LogP) is 0.529. The van der Waals surface area contributed by atoms with Crippen molar-refractivity contribution in [1.82, 2.24) is 9.62 Å². The van der Waals surface area contributed by atoms with E-state index in [0.717, 1.165) is 5.56 Å². The molecule has 0 aliphatic carbocycles. The Hall–Kier alpha value is -1.64. The number of aryl methyl sites for hydroxylation is 1. The second-order valence-corrected chi connectivity index (χ2v) is 7.12. The van der Waals surface area contributed by atoms with Crippen LogP contribution in [-0.4, -0.2) is 58.7 Å². The molecule has 2 rings (SSSR count). The number of hydrogen-bond acceptors (Lipinski definition) is 5. The van der Waals surface area contributed by atoms with E-state index in [1.165, 1.54) is 20.1 Å². The zero-order valence-corrected chi connectivity index (χ0v) is 14.4. The monoisotopic (exact) mass is 342 g/mol. The van der Waals surface area contributed by atoms with Crippen LogP contribution in [0.25, 0.3) is 0 Å². The van der Waals surface area contributed by atoms with E-state index in [-0.39, 0.29) is 16.6 Å². The lowest BCUT2D eigenvalue weighted by molar-refractivity contribution is -0.136. The van der Waals surface area contributed by atoms with Crippen LogP contribution in [0.15, 0.2) is 23.1 Å². The van der Waals surface area contributed by atoms with Crippen LogP contribution in [0.4, 0.5) is 0 Å². The fraction of sp³-hybridized carbons (Fsp3) is 0.533. The third kappa shape index (κ3) is 4.21. The molecule has 128 valence electrons. The summed E-state index contributed by atoms with van der Waals surface area (Å²) in [5, 5.41) is 0. The zero-order valence-electron chi connectivity index (χ0n) is 13.5. The van der Waals surface area contributed by atoms with Crippen LogP contribution in [-0.2, 0) is 19.6 Å². The van der Waals surface area contributed by atoms with Gasteiger partial charge in [-0.15, -0.1) is 0 Å². The second kappa shape index (κ2) is 7.29. The van der Waals surface area contributed by atoms with Gasteiger partial charge in [0.1, 0.15) is 10.6 Å². The van der Waals surface area contributed by atoms with Crippen LogP contribution in [0.5, 0.6) is 5.75 Å². The number of nitrogens with one attached hydrogen (secondary N) is 1. The molecule has 0 bridgehead atoms. The second-order valence-electron chi connectivity index (χ2n) is 5.43. The molecule has 1 saturated heterocycles. The van der Waals surface area contributed by atoms with E-state index in [9.17, 15) is 13.2 Å². The minimum atomic E-state index is -3.86. The third-order valence-corrected chi connectivity index (χ3v) is 5.20. The number of rotatable bonds is 5. The van der Waals surface area contributed by atoms with Crippen molar-refractivity contribution in [2.45, 2.75) is 24.8 Å². The molecule has 23 heavy (non-hydrogen) atoms. The maximum Gasteiger partial charge on any atom is 0.244 e. The topological polar surface area (TPSA) is 84.9 Å². The maximum atomic E-state index is 12.6. The van der Waals surface area contributed by atoms with Crippen LogP contribution >= 0.6 is 0 Å². The number of hydrogen-bond donors (Lipinski definition) is 1. The molecule has 1 fully saturated rings. The van der Waals surface area contributed by atoms with Crippen molar-refractivity contribution in [2.75, 3.05) is 33.4 Å². The lowest BCUT2D eigenvalue weighted by atomic mass is 10.2. The van der Waals surface area contributed by atoms with Crippen molar-refractivity contribution in [1.29, 1.82) is 0 Å². The summed E-state index contributed by atoms with van der Waals surface area (Å²) in [6.45, 7) is 5.21. The van der Waals surface area contributed by atoms with E-state index in [1.807, 2.05) is 0 Å². The standard InChI is InChI=1S/C15H22N2O5S/c1-11-4-5-13(21-3)14(10-11)23(19,20)16-12(2)15(18)17-6-8-22-9-7-17/h4-5,10,12,16H,6-9H2,1-3H3/t12-/m0/s1. The Morgan fingerprint density at radius 2 is 2.00 bits per heavy atom. The number of methoxy groups -OCH3 is 1. The molecule has 1 amide bonds. The Balaban J connectivity index is 2.17. The van der Waals surface area contributed by atoms with Gasteiger partial charge >= 0.3 is 0 Å². The van der Waals surface area contributed by atoms with Gasteiger partial charge in [0, 0.05) is 13.1 Å². The first-order chi connectivity index (χ1) is 10.8. The minimum absolute atomic E-state index is 0.0293. The highest BCUT2D eigenvalue weighted by Gasteiger charge is 2.28. The smallest absolute Gasteiger partial charge is 0.244 e. The average molecular weight is 342 g/mol. The molecule has 0 unspecified atom stereocenters. The largest absolute Gasteiger partial charge is 0.495 e. The molecule has 7 nitrogen and oxygen atoms in total. The van der Waals surface area contributed by atoms with Crippen molar-refractivity contribution >= 4 is 15.9 Å². The Bertz CT molecular complexity index is 668. The number of nitrogens with zero attached hydrogens (tertiary/aromatic N) is 1. The van der Waals surface area contributed by atoms with Crippen molar-refractivity contribution in [2.24, 2.45) is 0 Å². The van der Waals surface area contributed by atoms with Gasteiger partial charge in [-0.05, 0) is 31.5 Å².